The molecule has 4 rings (SSSR count). The maximum absolute atomic E-state index is 12.8. The van der Waals surface area contributed by atoms with Crippen LogP contribution < -0.4 is 0 Å². The van der Waals surface area contributed by atoms with Crippen LogP contribution in [-0.2, 0) is 6.18 Å². The van der Waals surface area contributed by atoms with E-state index in [1.165, 1.54) is 0 Å². The van der Waals surface area contributed by atoms with Crippen molar-refractivity contribution in [3.05, 3.63) is 53.7 Å². The van der Waals surface area contributed by atoms with E-state index in [4.69, 9.17) is 0 Å². The van der Waals surface area contributed by atoms with Crippen LogP contribution in [0.1, 0.15) is 40.6 Å². The molecule has 0 bridgehead atoms. The van der Waals surface area contributed by atoms with Gasteiger partial charge in [0.2, 0.25) is 0 Å². The average molecular weight is 363 g/mol. The summed E-state index contributed by atoms with van der Waals surface area (Å²) in [6.07, 6.45) is 0.411. The Bertz CT molecular complexity index is 912. The topological polar surface area (TPSA) is 66.3 Å². The van der Waals surface area contributed by atoms with Crippen molar-refractivity contribution >= 4 is 11.6 Å². The molecule has 0 aromatic carbocycles. The minimum absolute atomic E-state index is 0.201. The summed E-state index contributed by atoms with van der Waals surface area (Å²) < 4.78 is 40.0. The van der Waals surface area contributed by atoms with Crippen LogP contribution in [0.5, 0.6) is 0 Å². The lowest BCUT2D eigenvalue weighted by Gasteiger charge is -2.31. The number of alkyl halides is 3. The molecule has 1 unspecified atom stereocenters. The maximum Gasteiger partial charge on any atom is 0.435 e. The zero-order valence-corrected chi connectivity index (χ0v) is 13.7. The molecular formula is C17H16F3N5O. The summed E-state index contributed by atoms with van der Waals surface area (Å²) in [6, 6.07) is 6.52. The number of aromatic nitrogens is 4. The van der Waals surface area contributed by atoms with E-state index in [-0.39, 0.29) is 11.8 Å². The van der Waals surface area contributed by atoms with Crippen LogP contribution in [0.25, 0.3) is 5.65 Å². The Morgan fingerprint density at radius 1 is 1.31 bits per heavy atom. The van der Waals surface area contributed by atoms with Crippen molar-refractivity contribution in [2.75, 3.05) is 13.1 Å². The Morgan fingerprint density at radius 3 is 2.88 bits per heavy atom. The number of H-pyrrole nitrogens is 1. The van der Waals surface area contributed by atoms with Crippen molar-refractivity contribution in [3.63, 3.8) is 0 Å². The van der Waals surface area contributed by atoms with Gasteiger partial charge in [-0.05, 0) is 31.0 Å². The molecule has 1 saturated heterocycles. The van der Waals surface area contributed by atoms with Gasteiger partial charge in [0.25, 0.3) is 5.91 Å². The van der Waals surface area contributed by atoms with Gasteiger partial charge in [0, 0.05) is 37.1 Å². The number of hydrogen-bond acceptors (Lipinski definition) is 3. The van der Waals surface area contributed by atoms with Crippen molar-refractivity contribution in [3.8, 4) is 0 Å². The van der Waals surface area contributed by atoms with Gasteiger partial charge in [0.15, 0.2) is 5.69 Å². The van der Waals surface area contributed by atoms with Gasteiger partial charge in [-0.1, -0.05) is 6.07 Å². The number of likely N-dealkylation sites (tertiary alicyclic amines) is 1. The van der Waals surface area contributed by atoms with E-state index < -0.39 is 11.9 Å². The molecule has 1 amide bonds. The second kappa shape index (κ2) is 6.15. The molecule has 0 saturated carbocycles. The fourth-order valence-electron chi connectivity index (χ4n) is 3.31. The number of carbonyl (C=O) groups is 1. The summed E-state index contributed by atoms with van der Waals surface area (Å²) in [7, 11) is 0. The number of carbonyl (C=O) groups excluding carboxylic acids is 1. The van der Waals surface area contributed by atoms with E-state index in [9.17, 15) is 18.0 Å². The largest absolute Gasteiger partial charge is 0.435 e. The van der Waals surface area contributed by atoms with E-state index in [0.29, 0.717) is 43.0 Å². The van der Waals surface area contributed by atoms with Gasteiger partial charge in [-0.15, -0.1) is 0 Å². The van der Waals surface area contributed by atoms with Gasteiger partial charge < -0.3 is 9.30 Å². The predicted molar refractivity (Wildman–Crippen MR) is 86.7 cm³/mol. The van der Waals surface area contributed by atoms with E-state index in [1.807, 2.05) is 12.1 Å². The van der Waals surface area contributed by atoms with E-state index >= 15 is 0 Å². The Kier molecular flexibility index (Phi) is 3.93. The number of fused-ring (bicyclic) bond motifs is 1. The van der Waals surface area contributed by atoms with Gasteiger partial charge >= 0.3 is 6.18 Å². The molecule has 4 heterocycles. The molecule has 6 nitrogen and oxygen atoms in total. The minimum Gasteiger partial charge on any atom is -0.337 e. The minimum atomic E-state index is -4.48. The van der Waals surface area contributed by atoms with Crippen molar-refractivity contribution in [2.45, 2.75) is 24.9 Å². The second-order valence-corrected chi connectivity index (χ2v) is 6.39. The third-order valence-corrected chi connectivity index (χ3v) is 4.62. The molecule has 1 fully saturated rings. The monoisotopic (exact) mass is 363 g/mol. The molecule has 136 valence electrons. The van der Waals surface area contributed by atoms with Crippen LogP contribution in [0, 0.1) is 0 Å². The first-order valence-corrected chi connectivity index (χ1v) is 8.27. The number of aromatic amines is 1. The summed E-state index contributed by atoms with van der Waals surface area (Å²) in [5.74, 6) is -0.415. The number of nitrogens with zero attached hydrogens (tertiary/aromatic N) is 4. The fraction of sp³-hybridized carbons (Fsp3) is 0.353. The van der Waals surface area contributed by atoms with Crippen LogP contribution in [0.3, 0.4) is 0 Å². The van der Waals surface area contributed by atoms with Crippen molar-refractivity contribution in [1.82, 2.24) is 24.5 Å². The van der Waals surface area contributed by atoms with Crippen LogP contribution >= 0.6 is 0 Å². The number of rotatable bonds is 2. The SMILES string of the molecule is O=C(c1cn2ccccc2n1)N1CCCC(c2cc(C(F)(F)F)n[nH]2)C1. The highest BCUT2D eigenvalue weighted by molar-refractivity contribution is 5.93. The predicted octanol–water partition coefficient (Wildman–Crippen LogP) is 3.10. The van der Waals surface area contributed by atoms with E-state index in [2.05, 4.69) is 15.2 Å². The van der Waals surface area contributed by atoms with Crippen molar-refractivity contribution in [1.29, 1.82) is 0 Å². The fourth-order valence-corrected chi connectivity index (χ4v) is 3.31. The van der Waals surface area contributed by atoms with Gasteiger partial charge in [0.05, 0.1) is 0 Å². The number of hydrogen-bond donors (Lipinski definition) is 1. The highest BCUT2D eigenvalue weighted by Gasteiger charge is 2.35. The summed E-state index contributed by atoms with van der Waals surface area (Å²) in [4.78, 5) is 18.7. The molecule has 3 aromatic heterocycles. The molecule has 3 aromatic rings. The second-order valence-electron chi connectivity index (χ2n) is 6.39. The lowest BCUT2D eigenvalue weighted by molar-refractivity contribution is -0.141. The lowest BCUT2D eigenvalue weighted by Crippen LogP contribution is -2.39. The van der Waals surface area contributed by atoms with Crippen molar-refractivity contribution < 1.29 is 18.0 Å². The number of halogens is 3. The van der Waals surface area contributed by atoms with Crippen molar-refractivity contribution in [2.24, 2.45) is 0 Å². The molecular weight excluding hydrogens is 347 g/mol. The number of pyridine rings is 1. The molecule has 9 heteroatoms. The Morgan fingerprint density at radius 2 is 2.15 bits per heavy atom. The maximum atomic E-state index is 12.8. The Hall–Kier alpha value is -2.84. The van der Waals surface area contributed by atoms with E-state index in [0.717, 1.165) is 6.07 Å². The smallest absolute Gasteiger partial charge is 0.337 e. The van der Waals surface area contributed by atoms with Crippen LogP contribution in [0.4, 0.5) is 13.2 Å². The van der Waals surface area contributed by atoms with Gasteiger partial charge in [0.1, 0.15) is 11.3 Å². The first-order chi connectivity index (χ1) is 12.4. The normalized spacial score (nSPS) is 18.4. The molecule has 26 heavy (non-hydrogen) atoms. The standard InChI is InChI=1S/C17H16F3N5O/c18-17(19,20)14-8-12(22-23-14)11-4-3-7-25(9-11)16(26)13-10-24-6-2-1-5-15(24)21-13/h1-2,5-6,8,10-11H,3-4,7,9H2,(H,22,23). The molecule has 1 aliphatic rings. The number of imidazole rings is 1. The van der Waals surface area contributed by atoms with Crippen LogP contribution in [0.15, 0.2) is 36.7 Å². The summed E-state index contributed by atoms with van der Waals surface area (Å²) >= 11 is 0. The number of piperidine rings is 1. The zero-order chi connectivity index (χ0) is 18.3. The molecule has 0 spiro atoms. The zero-order valence-electron chi connectivity index (χ0n) is 13.7. The van der Waals surface area contributed by atoms with Gasteiger partial charge in [-0.2, -0.15) is 18.3 Å². The summed E-state index contributed by atoms with van der Waals surface area (Å²) in [5.41, 5.74) is 0.478. The molecule has 0 aliphatic carbocycles. The first kappa shape index (κ1) is 16.6. The number of amides is 1. The first-order valence-electron chi connectivity index (χ1n) is 8.27. The summed E-state index contributed by atoms with van der Waals surface area (Å²) in [6.45, 7) is 0.898. The number of nitrogens with one attached hydrogen (secondary N) is 1. The average Bonchev–Trinajstić information content (AvgIpc) is 3.28. The third kappa shape index (κ3) is 3.04. The lowest BCUT2D eigenvalue weighted by atomic mass is 9.94. The quantitative estimate of drug-likeness (QED) is 0.761. The Labute approximate surface area is 146 Å². The van der Waals surface area contributed by atoms with Gasteiger partial charge in [-0.3, -0.25) is 9.89 Å². The molecule has 1 aliphatic heterocycles. The highest BCUT2D eigenvalue weighted by Crippen LogP contribution is 2.32. The third-order valence-electron chi connectivity index (χ3n) is 4.62. The van der Waals surface area contributed by atoms with Gasteiger partial charge in [-0.25, -0.2) is 4.98 Å². The van der Waals surface area contributed by atoms with Crippen LogP contribution in [-0.4, -0.2) is 43.5 Å². The van der Waals surface area contributed by atoms with Crippen LogP contribution in [0.2, 0.25) is 0 Å². The molecule has 1 atom stereocenters. The summed E-state index contributed by atoms with van der Waals surface area (Å²) in [5, 5.41) is 5.83. The molecule has 0 radical (unpaired) electrons. The molecule has 1 N–H and O–H groups in total. The van der Waals surface area contributed by atoms with E-state index in [1.54, 1.807) is 27.8 Å². The highest BCUT2D eigenvalue weighted by atomic mass is 19.4. The Balaban J connectivity index is 1.52.